The van der Waals surface area contributed by atoms with Gasteiger partial charge in [-0.25, -0.2) is 4.98 Å². The molecule has 0 saturated heterocycles. The fraction of sp³-hybridized carbons (Fsp3) is 0.333. The molecule has 0 atom stereocenters. The minimum atomic E-state index is 0.589. The van der Waals surface area contributed by atoms with E-state index in [-0.39, 0.29) is 0 Å². The van der Waals surface area contributed by atoms with Gasteiger partial charge in [0.1, 0.15) is 5.82 Å². The summed E-state index contributed by atoms with van der Waals surface area (Å²) >= 11 is 5.87. The van der Waals surface area contributed by atoms with Crippen molar-refractivity contribution >= 4 is 29.1 Å². The van der Waals surface area contributed by atoms with Crippen molar-refractivity contribution in [3.05, 3.63) is 41.0 Å². The molecule has 0 fully saturated rings. The third kappa shape index (κ3) is 4.38. The lowest BCUT2D eigenvalue weighted by atomic mass is 10.3. The molecule has 0 spiro atoms. The lowest BCUT2D eigenvalue weighted by Crippen LogP contribution is -2.06. The molecule has 1 aromatic carbocycles. The summed E-state index contributed by atoms with van der Waals surface area (Å²) in [5, 5.41) is 7.20. The molecule has 0 saturated carbocycles. The topological polar surface area (TPSA) is 49.8 Å². The number of hydrogen-bond acceptors (Lipinski definition) is 4. The predicted molar refractivity (Wildman–Crippen MR) is 84.9 cm³/mol. The molecule has 4 nitrogen and oxygen atoms in total. The van der Waals surface area contributed by atoms with Crippen LogP contribution in [-0.2, 0) is 0 Å². The average Bonchev–Trinajstić information content (AvgIpc) is 2.41. The van der Waals surface area contributed by atoms with Gasteiger partial charge in [0.25, 0.3) is 0 Å². The lowest BCUT2D eigenvalue weighted by molar-refractivity contribution is 0.830. The van der Waals surface area contributed by atoms with Crippen molar-refractivity contribution in [1.29, 1.82) is 0 Å². The Bertz CT molecular complexity index is 554. The van der Waals surface area contributed by atoms with Crippen molar-refractivity contribution in [2.75, 3.05) is 17.2 Å². The summed E-state index contributed by atoms with van der Waals surface area (Å²) in [6, 6.07) is 9.42. The van der Waals surface area contributed by atoms with Crippen LogP contribution in [0.25, 0.3) is 0 Å². The summed E-state index contributed by atoms with van der Waals surface area (Å²) in [5.74, 6) is 1.44. The number of hydrogen-bond donors (Lipinski definition) is 2. The largest absolute Gasteiger partial charge is 0.370 e. The Morgan fingerprint density at radius 3 is 2.60 bits per heavy atom. The SMILES string of the molecule is CCCCNc1cc(C)nc(Nc2ccc(Cl)cc2)n1. The van der Waals surface area contributed by atoms with Gasteiger partial charge in [-0.2, -0.15) is 4.98 Å². The third-order valence-corrected chi connectivity index (χ3v) is 3.04. The first-order chi connectivity index (χ1) is 9.67. The van der Waals surface area contributed by atoms with Crippen LogP contribution in [0.5, 0.6) is 0 Å². The van der Waals surface area contributed by atoms with Crippen LogP contribution in [0.3, 0.4) is 0 Å². The van der Waals surface area contributed by atoms with Gasteiger partial charge in [0.2, 0.25) is 5.95 Å². The van der Waals surface area contributed by atoms with Gasteiger partial charge >= 0.3 is 0 Å². The van der Waals surface area contributed by atoms with Crippen molar-refractivity contribution in [3.63, 3.8) is 0 Å². The van der Waals surface area contributed by atoms with Crippen molar-refractivity contribution in [2.45, 2.75) is 26.7 Å². The maximum absolute atomic E-state index is 5.87. The van der Waals surface area contributed by atoms with E-state index in [1.54, 1.807) is 0 Å². The maximum Gasteiger partial charge on any atom is 0.229 e. The second-order valence-electron chi connectivity index (χ2n) is 4.63. The first kappa shape index (κ1) is 14.6. The minimum Gasteiger partial charge on any atom is -0.370 e. The van der Waals surface area contributed by atoms with E-state index in [4.69, 9.17) is 11.6 Å². The zero-order valence-electron chi connectivity index (χ0n) is 11.8. The molecule has 5 heteroatoms. The molecule has 0 amide bonds. The number of nitrogens with zero attached hydrogens (tertiary/aromatic N) is 2. The molecule has 2 N–H and O–H groups in total. The number of aromatic nitrogens is 2. The highest BCUT2D eigenvalue weighted by atomic mass is 35.5. The van der Waals surface area contributed by atoms with Crippen molar-refractivity contribution in [1.82, 2.24) is 9.97 Å². The van der Waals surface area contributed by atoms with Crippen LogP contribution in [0, 0.1) is 6.92 Å². The Kier molecular flexibility index (Phi) is 5.18. The summed E-state index contributed by atoms with van der Waals surface area (Å²) in [5.41, 5.74) is 1.84. The van der Waals surface area contributed by atoms with E-state index in [1.807, 2.05) is 37.3 Å². The Balaban J connectivity index is 2.09. The van der Waals surface area contributed by atoms with Gasteiger partial charge in [-0.15, -0.1) is 0 Å². The summed E-state index contributed by atoms with van der Waals surface area (Å²) in [6.07, 6.45) is 2.29. The van der Waals surface area contributed by atoms with E-state index >= 15 is 0 Å². The highest BCUT2D eigenvalue weighted by Crippen LogP contribution is 2.18. The van der Waals surface area contributed by atoms with Gasteiger partial charge in [0, 0.05) is 29.0 Å². The van der Waals surface area contributed by atoms with Crippen LogP contribution in [0.15, 0.2) is 30.3 Å². The quantitative estimate of drug-likeness (QED) is 0.775. The first-order valence-electron chi connectivity index (χ1n) is 6.79. The number of rotatable bonds is 6. The second kappa shape index (κ2) is 7.10. The van der Waals surface area contributed by atoms with E-state index in [0.717, 1.165) is 36.6 Å². The first-order valence-corrected chi connectivity index (χ1v) is 7.17. The van der Waals surface area contributed by atoms with Crippen molar-refractivity contribution < 1.29 is 0 Å². The van der Waals surface area contributed by atoms with Gasteiger partial charge in [-0.1, -0.05) is 24.9 Å². The fourth-order valence-corrected chi connectivity index (χ4v) is 1.90. The molecule has 0 radical (unpaired) electrons. The van der Waals surface area contributed by atoms with Crippen LogP contribution in [-0.4, -0.2) is 16.5 Å². The number of anilines is 3. The highest BCUT2D eigenvalue weighted by Gasteiger charge is 2.02. The zero-order valence-corrected chi connectivity index (χ0v) is 12.5. The van der Waals surface area contributed by atoms with E-state index in [9.17, 15) is 0 Å². The highest BCUT2D eigenvalue weighted by molar-refractivity contribution is 6.30. The van der Waals surface area contributed by atoms with E-state index in [1.165, 1.54) is 0 Å². The van der Waals surface area contributed by atoms with E-state index in [2.05, 4.69) is 27.5 Å². The predicted octanol–water partition coefficient (Wildman–Crippen LogP) is 4.39. The van der Waals surface area contributed by atoms with E-state index < -0.39 is 0 Å². The molecule has 2 rings (SSSR count). The number of benzene rings is 1. The smallest absolute Gasteiger partial charge is 0.229 e. The Morgan fingerprint density at radius 2 is 1.90 bits per heavy atom. The van der Waals surface area contributed by atoms with Gasteiger partial charge in [-0.3, -0.25) is 0 Å². The molecule has 0 aliphatic rings. The Morgan fingerprint density at radius 1 is 1.15 bits per heavy atom. The third-order valence-electron chi connectivity index (χ3n) is 2.79. The lowest BCUT2D eigenvalue weighted by Gasteiger charge is -2.09. The summed E-state index contributed by atoms with van der Waals surface area (Å²) in [7, 11) is 0. The van der Waals surface area contributed by atoms with Crippen LogP contribution in [0.4, 0.5) is 17.5 Å². The van der Waals surface area contributed by atoms with Gasteiger partial charge in [0.05, 0.1) is 0 Å². The van der Waals surface area contributed by atoms with Crippen molar-refractivity contribution in [2.24, 2.45) is 0 Å². The molecule has 0 unspecified atom stereocenters. The molecule has 1 heterocycles. The summed E-state index contributed by atoms with van der Waals surface area (Å²) in [4.78, 5) is 8.84. The van der Waals surface area contributed by atoms with Crippen LogP contribution < -0.4 is 10.6 Å². The number of aryl methyl sites for hydroxylation is 1. The number of nitrogens with one attached hydrogen (secondary N) is 2. The molecule has 106 valence electrons. The van der Waals surface area contributed by atoms with Crippen molar-refractivity contribution in [3.8, 4) is 0 Å². The molecule has 1 aromatic heterocycles. The minimum absolute atomic E-state index is 0.589. The normalized spacial score (nSPS) is 10.3. The van der Waals surface area contributed by atoms with Gasteiger partial charge < -0.3 is 10.6 Å². The number of halogens is 1. The molecule has 2 aromatic rings. The molecular formula is C15H19ClN4. The monoisotopic (exact) mass is 290 g/mol. The van der Waals surface area contributed by atoms with E-state index in [0.29, 0.717) is 11.0 Å². The average molecular weight is 291 g/mol. The van der Waals surface area contributed by atoms with Crippen LogP contribution in [0.2, 0.25) is 5.02 Å². The molecule has 0 bridgehead atoms. The Hall–Kier alpha value is -1.81. The molecule has 0 aliphatic heterocycles. The van der Waals surface area contributed by atoms with Crippen LogP contribution >= 0.6 is 11.6 Å². The van der Waals surface area contributed by atoms with Gasteiger partial charge in [-0.05, 0) is 37.6 Å². The maximum atomic E-state index is 5.87. The zero-order chi connectivity index (χ0) is 14.4. The summed E-state index contributed by atoms with van der Waals surface area (Å²) in [6.45, 7) is 5.05. The fourth-order valence-electron chi connectivity index (χ4n) is 1.77. The molecular weight excluding hydrogens is 272 g/mol. The Labute approximate surface area is 124 Å². The molecule has 0 aliphatic carbocycles. The number of unbranched alkanes of at least 4 members (excludes halogenated alkanes) is 1. The van der Waals surface area contributed by atoms with Crippen LogP contribution in [0.1, 0.15) is 25.5 Å². The molecule has 20 heavy (non-hydrogen) atoms. The summed E-state index contributed by atoms with van der Waals surface area (Å²) < 4.78 is 0. The van der Waals surface area contributed by atoms with Gasteiger partial charge in [0.15, 0.2) is 0 Å². The standard InChI is InChI=1S/C15H19ClN4/c1-3-4-9-17-14-10-11(2)18-15(20-14)19-13-7-5-12(16)6-8-13/h5-8,10H,3-4,9H2,1-2H3,(H2,17,18,19,20). The second-order valence-corrected chi connectivity index (χ2v) is 5.07.